The van der Waals surface area contributed by atoms with Gasteiger partial charge in [0.25, 0.3) is 0 Å². The van der Waals surface area contributed by atoms with Crippen molar-refractivity contribution in [3.8, 4) is 0 Å². The molecule has 0 spiro atoms. The highest BCUT2D eigenvalue weighted by molar-refractivity contribution is 5.83. The fourth-order valence-electron chi connectivity index (χ4n) is 7.12. The predicted octanol–water partition coefficient (Wildman–Crippen LogP) is 12.7. The normalized spacial score (nSPS) is 17.3. The van der Waals surface area contributed by atoms with Gasteiger partial charge in [-0.3, -0.25) is 0 Å². The highest BCUT2D eigenvalue weighted by Gasteiger charge is 2.40. The van der Waals surface area contributed by atoms with E-state index >= 15 is 0 Å². The van der Waals surface area contributed by atoms with E-state index in [1.807, 2.05) is 6.92 Å². The minimum absolute atomic E-state index is 0.495. The maximum absolute atomic E-state index is 7.13. The van der Waals surface area contributed by atoms with Gasteiger partial charge in [0.2, 0.25) is 0 Å². The highest BCUT2D eigenvalue weighted by atomic mass is 14.7. The van der Waals surface area contributed by atoms with Gasteiger partial charge < -0.3 is 5.73 Å². The molecule has 3 aromatic rings. The molecule has 0 aromatic heterocycles. The first kappa shape index (κ1) is 35.6. The minimum Gasteiger partial charge on any atom is -0.318 e. The van der Waals surface area contributed by atoms with E-state index in [4.69, 9.17) is 5.73 Å². The van der Waals surface area contributed by atoms with E-state index in [9.17, 15) is 0 Å². The van der Waals surface area contributed by atoms with Gasteiger partial charge in [0.05, 0.1) is 5.54 Å². The van der Waals surface area contributed by atoms with Crippen molar-refractivity contribution in [1.82, 2.24) is 0 Å². The molecule has 0 saturated heterocycles. The molecule has 0 radical (unpaired) electrons. The van der Waals surface area contributed by atoms with Crippen LogP contribution in [0.15, 0.2) is 91.0 Å². The molecule has 44 heavy (non-hydrogen) atoms. The molecule has 4 rings (SSSR count). The second kappa shape index (κ2) is 17.0. The number of nitrogens with two attached hydrogens (primary N) is 1. The monoisotopic (exact) mass is 591 g/mol. The minimum atomic E-state index is -0.540. The first-order chi connectivity index (χ1) is 21.2. The van der Waals surface area contributed by atoms with E-state index in [2.05, 4.69) is 121 Å². The molecule has 1 heteroatoms. The van der Waals surface area contributed by atoms with E-state index < -0.39 is 5.54 Å². The van der Waals surface area contributed by atoms with Gasteiger partial charge in [0.15, 0.2) is 0 Å². The zero-order valence-electron chi connectivity index (χ0n) is 29.1. The van der Waals surface area contributed by atoms with Crippen LogP contribution in [-0.2, 0) is 5.54 Å². The van der Waals surface area contributed by atoms with Crippen molar-refractivity contribution in [3.63, 3.8) is 0 Å². The van der Waals surface area contributed by atoms with Gasteiger partial charge >= 0.3 is 0 Å². The molecule has 1 nitrogen and oxygen atoms in total. The van der Waals surface area contributed by atoms with Crippen molar-refractivity contribution in [1.29, 1.82) is 0 Å². The average Bonchev–Trinajstić information content (AvgIpc) is 3.01. The Hall–Kier alpha value is -2.90. The topological polar surface area (TPSA) is 26.0 Å². The molecule has 2 N–H and O–H groups in total. The molecular weight excluding hydrogens is 530 g/mol. The molecule has 0 aliphatic heterocycles. The molecule has 1 unspecified atom stereocenters. The Balaban J connectivity index is 0.00000169. The fraction of sp³-hybridized carbons (Fsp3) is 0.488. The summed E-state index contributed by atoms with van der Waals surface area (Å²) in [6.45, 7) is 18.9. The lowest BCUT2D eigenvalue weighted by Gasteiger charge is -2.45. The van der Waals surface area contributed by atoms with Crippen LogP contribution in [0.1, 0.15) is 151 Å². The first-order valence-corrected chi connectivity index (χ1v) is 17.5. The number of hydrogen-bond acceptors (Lipinski definition) is 1. The molecule has 0 bridgehead atoms. The third-order valence-electron chi connectivity index (χ3n) is 9.94. The van der Waals surface area contributed by atoms with Crippen LogP contribution >= 0.6 is 0 Å². The van der Waals surface area contributed by atoms with Crippen LogP contribution < -0.4 is 5.73 Å². The third kappa shape index (κ3) is 8.85. The largest absolute Gasteiger partial charge is 0.318 e. The van der Waals surface area contributed by atoms with Crippen LogP contribution in [0.4, 0.5) is 0 Å². The predicted molar refractivity (Wildman–Crippen MR) is 195 cm³/mol. The first-order valence-electron chi connectivity index (χ1n) is 17.5. The Morgan fingerprint density at radius 3 is 1.93 bits per heavy atom. The van der Waals surface area contributed by atoms with Crippen molar-refractivity contribution in [3.05, 3.63) is 124 Å². The molecule has 1 atom stereocenters. The van der Waals surface area contributed by atoms with E-state index in [-0.39, 0.29) is 0 Å². The smallest absolute Gasteiger partial charge is 0.0637 e. The summed E-state index contributed by atoms with van der Waals surface area (Å²) < 4.78 is 0. The third-order valence-corrected chi connectivity index (χ3v) is 9.94. The molecule has 1 aliphatic carbocycles. The zero-order chi connectivity index (χ0) is 32.2. The Morgan fingerprint density at radius 2 is 1.41 bits per heavy atom. The lowest BCUT2D eigenvalue weighted by Crippen LogP contribution is -2.34. The van der Waals surface area contributed by atoms with E-state index in [1.165, 1.54) is 110 Å². The van der Waals surface area contributed by atoms with Gasteiger partial charge in [0, 0.05) is 0 Å². The SMILES string of the molecule is C=CC.CCCCCC1(CC)CC(=C(c2ccc(C)cc2)c2ccc(C(C)(N)c3cccc(C(CCC)CCC)c3)cc2)C1. The van der Waals surface area contributed by atoms with Crippen molar-refractivity contribution in [2.75, 3.05) is 0 Å². The lowest BCUT2D eigenvalue weighted by molar-refractivity contribution is 0.172. The molecule has 238 valence electrons. The Labute approximate surface area is 271 Å². The Bertz CT molecular complexity index is 1310. The summed E-state index contributed by atoms with van der Waals surface area (Å²) in [6, 6.07) is 27.4. The van der Waals surface area contributed by atoms with E-state index in [0.29, 0.717) is 11.3 Å². The lowest BCUT2D eigenvalue weighted by atomic mass is 9.59. The van der Waals surface area contributed by atoms with Crippen LogP contribution in [0.2, 0.25) is 0 Å². The van der Waals surface area contributed by atoms with E-state index in [1.54, 1.807) is 11.6 Å². The van der Waals surface area contributed by atoms with Crippen molar-refractivity contribution in [2.45, 2.75) is 131 Å². The summed E-state index contributed by atoms with van der Waals surface area (Å²) >= 11 is 0. The quantitative estimate of drug-likeness (QED) is 0.146. The van der Waals surface area contributed by atoms with Crippen molar-refractivity contribution < 1.29 is 0 Å². The summed E-state index contributed by atoms with van der Waals surface area (Å²) in [6.07, 6.45) is 15.8. The summed E-state index contributed by atoms with van der Waals surface area (Å²) in [5.41, 5.74) is 17.9. The van der Waals surface area contributed by atoms with Gasteiger partial charge in [-0.25, -0.2) is 0 Å². The van der Waals surface area contributed by atoms with Crippen LogP contribution in [0.25, 0.3) is 5.57 Å². The van der Waals surface area contributed by atoms with Gasteiger partial charge in [-0.1, -0.05) is 150 Å². The van der Waals surface area contributed by atoms with Crippen molar-refractivity contribution >= 4 is 5.57 Å². The van der Waals surface area contributed by atoms with Gasteiger partial charge in [-0.2, -0.15) is 0 Å². The Morgan fingerprint density at radius 1 is 0.841 bits per heavy atom. The number of rotatable bonds is 14. The number of hydrogen-bond donors (Lipinski definition) is 1. The highest BCUT2D eigenvalue weighted by Crippen LogP contribution is 2.54. The van der Waals surface area contributed by atoms with Gasteiger partial charge in [0.1, 0.15) is 0 Å². The maximum Gasteiger partial charge on any atom is 0.0637 e. The molecule has 1 fully saturated rings. The number of allylic oxidation sites excluding steroid dienone is 2. The molecule has 0 heterocycles. The standard InChI is InChI=1S/C40H55N.C3H6/c1-7-11-12-26-40(10-4)28-35(29-40)38(32-20-18-30(5)19-21-32)33-22-24-36(25-23-33)39(6,41)37-17-13-16-34(27-37)31(14-8-2)15-9-3;1-3-2/h13,16-25,27,31H,7-12,14-15,26,28-29,41H2,1-6H3;3H,1H2,2H3. The van der Waals surface area contributed by atoms with Crippen molar-refractivity contribution in [2.24, 2.45) is 11.1 Å². The summed E-state index contributed by atoms with van der Waals surface area (Å²) in [7, 11) is 0. The van der Waals surface area contributed by atoms with Crippen LogP contribution in [-0.4, -0.2) is 0 Å². The summed E-state index contributed by atoms with van der Waals surface area (Å²) in [4.78, 5) is 0. The zero-order valence-corrected chi connectivity index (χ0v) is 29.1. The second-order valence-corrected chi connectivity index (χ2v) is 13.6. The number of aryl methyl sites for hydroxylation is 1. The van der Waals surface area contributed by atoms with Crippen LogP contribution in [0, 0.1) is 12.3 Å². The Kier molecular flexibility index (Phi) is 13.7. The molecule has 0 amide bonds. The number of unbranched alkanes of at least 4 members (excludes halogenated alkanes) is 2. The molecule has 3 aromatic carbocycles. The van der Waals surface area contributed by atoms with Crippen LogP contribution in [0.5, 0.6) is 0 Å². The van der Waals surface area contributed by atoms with Gasteiger partial charge in [-0.05, 0) is 104 Å². The second-order valence-electron chi connectivity index (χ2n) is 13.6. The maximum atomic E-state index is 7.13. The summed E-state index contributed by atoms with van der Waals surface area (Å²) in [5, 5.41) is 0. The number of benzene rings is 3. The average molecular weight is 592 g/mol. The molecular formula is C43H61N. The van der Waals surface area contributed by atoms with Crippen LogP contribution in [0.3, 0.4) is 0 Å². The van der Waals surface area contributed by atoms with Gasteiger partial charge in [-0.15, -0.1) is 6.58 Å². The molecule has 1 saturated carbocycles. The molecule has 1 aliphatic rings. The fourth-order valence-corrected chi connectivity index (χ4v) is 7.12. The van der Waals surface area contributed by atoms with E-state index in [0.717, 1.165) is 0 Å². The summed E-state index contributed by atoms with van der Waals surface area (Å²) in [5.74, 6) is 0.617.